The van der Waals surface area contributed by atoms with Crippen LogP contribution in [0.1, 0.15) is 39.0 Å². The number of carbonyl (C=O) groups is 1. The van der Waals surface area contributed by atoms with Gasteiger partial charge in [-0.2, -0.15) is 0 Å². The molecule has 0 aromatic heterocycles. The fourth-order valence-corrected chi connectivity index (χ4v) is 1.99. The highest BCUT2D eigenvalue weighted by atomic mass is 16.5. The number of ether oxygens (including phenoxy) is 1. The van der Waals surface area contributed by atoms with Crippen LogP contribution in [0.3, 0.4) is 0 Å². The SMILES string of the molecule is CCOC(=O)C#CCC1(CO)CCCC1. The lowest BCUT2D eigenvalue weighted by Gasteiger charge is -2.22. The summed E-state index contributed by atoms with van der Waals surface area (Å²) in [5.74, 6) is 4.80. The number of aliphatic hydroxyl groups excluding tert-OH is 1. The molecule has 0 aromatic carbocycles. The lowest BCUT2D eigenvalue weighted by molar-refractivity contribution is -0.136. The van der Waals surface area contributed by atoms with Crippen molar-refractivity contribution in [2.24, 2.45) is 5.41 Å². The van der Waals surface area contributed by atoms with Gasteiger partial charge < -0.3 is 9.84 Å². The van der Waals surface area contributed by atoms with Crippen molar-refractivity contribution in [3.8, 4) is 11.8 Å². The summed E-state index contributed by atoms with van der Waals surface area (Å²) in [4.78, 5) is 11.0. The van der Waals surface area contributed by atoms with E-state index < -0.39 is 5.97 Å². The smallest absolute Gasteiger partial charge is 0.384 e. The number of hydrogen-bond donors (Lipinski definition) is 1. The molecule has 0 heterocycles. The van der Waals surface area contributed by atoms with Crippen LogP contribution >= 0.6 is 0 Å². The van der Waals surface area contributed by atoms with Crippen molar-refractivity contribution >= 4 is 5.97 Å². The minimum absolute atomic E-state index is 0.0561. The first-order chi connectivity index (χ1) is 7.22. The molecule has 3 nitrogen and oxygen atoms in total. The van der Waals surface area contributed by atoms with Crippen LogP contribution in [0.4, 0.5) is 0 Å². The van der Waals surface area contributed by atoms with Crippen LogP contribution in [-0.2, 0) is 9.53 Å². The number of rotatable bonds is 3. The van der Waals surface area contributed by atoms with Crippen molar-refractivity contribution in [1.29, 1.82) is 0 Å². The zero-order valence-electron chi connectivity index (χ0n) is 9.21. The summed E-state index contributed by atoms with van der Waals surface area (Å²) in [6.45, 7) is 2.29. The average molecular weight is 210 g/mol. The molecule has 3 heteroatoms. The maximum Gasteiger partial charge on any atom is 0.384 e. The normalized spacial score (nSPS) is 18.0. The van der Waals surface area contributed by atoms with Crippen LogP contribution in [0.25, 0.3) is 0 Å². The van der Waals surface area contributed by atoms with Crippen LogP contribution in [-0.4, -0.2) is 24.3 Å². The van der Waals surface area contributed by atoms with Gasteiger partial charge in [0.05, 0.1) is 6.61 Å². The van der Waals surface area contributed by atoms with E-state index in [0.29, 0.717) is 13.0 Å². The van der Waals surface area contributed by atoms with Crippen LogP contribution in [0.2, 0.25) is 0 Å². The molecule has 1 saturated carbocycles. The van der Waals surface area contributed by atoms with Gasteiger partial charge >= 0.3 is 5.97 Å². The molecular weight excluding hydrogens is 192 g/mol. The largest absolute Gasteiger partial charge is 0.456 e. The quantitative estimate of drug-likeness (QED) is 0.436. The van der Waals surface area contributed by atoms with E-state index >= 15 is 0 Å². The van der Waals surface area contributed by atoms with Crippen LogP contribution < -0.4 is 0 Å². The third kappa shape index (κ3) is 3.56. The third-order valence-corrected chi connectivity index (χ3v) is 2.93. The topological polar surface area (TPSA) is 46.5 Å². The van der Waals surface area contributed by atoms with E-state index in [4.69, 9.17) is 4.74 Å². The van der Waals surface area contributed by atoms with Crippen LogP contribution in [0, 0.1) is 17.3 Å². The first-order valence-corrected chi connectivity index (χ1v) is 5.49. The molecule has 0 aliphatic heterocycles. The first kappa shape index (κ1) is 12.1. The molecule has 1 rings (SSSR count). The van der Waals surface area contributed by atoms with E-state index in [1.807, 2.05) is 0 Å². The maximum absolute atomic E-state index is 11.0. The molecule has 1 aliphatic rings. The molecule has 1 aliphatic carbocycles. The minimum Gasteiger partial charge on any atom is -0.456 e. The monoisotopic (exact) mass is 210 g/mol. The van der Waals surface area contributed by atoms with Gasteiger partial charge in [0.25, 0.3) is 0 Å². The van der Waals surface area contributed by atoms with Gasteiger partial charge in [-0.25, -0.2) is 4.79 Å². The van der Waals surface area contributed by atoms with Gasteiger partial charge in [0.15, 0.2) is 0 Å². The van der Waals surface area contributed by atoms with Crippen molar-refractivity contribution < 1.29 is 14.6 Å². The summed E-state index contributed by atoms with van der Waals surface area (Å²) < 4.78 is 4.70. The Morgan fingerprint density at radius 3 is 2.67 bits per heavy atom. The highest BCUT2D eigenvalue weighted by Crippen LogP contribution is 2.40. The second-order valence-electron chi connectivity index (χ2n) is 4.06. The molecule has 0 amide bonds. The number of carbonyl (C=O) groups excluding carboxylic acids is 1. The molecule has 1 N–H and O–H groups in total. The molecule has 0 aromatic rings. The predicted octanol–water partition coefficient (Wildman–Crippen LogP) is 1.50. The van der Waals surface area contributed by atoms with Crippen molar-refractivity contribution in [3.63, 3.8) is 0 Å². The zero-order chi connectivity index (χ0) is 11.1. The second-order valence-corrected chi connectivity index (χ2v) is 4.06. The van der Waals surface area contributed by atoms with Gasteiger partial charge in [0.2, 0.25) is 0 Å². The fraction of sp³-hybridized carbons (Fsp3) is 0.750. The van der Waals surface area contributed by atoms with E-state index in [2.05, 4.69) is 11.8 Å². The Labute approximate surface area is 90.8 Å². The average Bonchev–Trinajstić information content (AvgIpc) is 2.68. The van der Waals surface area contributed by atoms with E-state index in [1.165, 1.54) is 0 Å². The van der Waals surface area contributed by atoms with E-state index in [-0.39, 0.29) is 12.0 Å². The predicted molar refractivity (Wildman–Crippen MR) is 57.0 cm³/mol. The lowest BCUT2D eigenvalue weighted by atomic mass is 9.84. The second kappa shape index (κ2) is 5.77. The van der Waals surface area contributed by atoms with Crippen molar-refractivity contribution in [2.45, 2.75) is 39.0 Å². The number of hydrogen-bond acceptors (Lipinski definition) is 3. The molecule has 0 radical (unpaired) electrons. The highest BCUT2D eigenvalue weighted by molar-refractivity contribution is 5.88. The summed E-state index contributed by atoms with van der Waals surface area (Å²) in [5.41, 5.74) is -0.0561. The summed E-state index contributed by atoms with van der Waals surface area (Å²) in [7, 11) is 0. The van der Waals surface area contributed by atoms with Gasteiger partial charge in [0.1, 0.15) is 0 Å². The Morgan fingerprint density at radius 1 is 1.47 bits per heavy atom. The van der Waals surface area contributed by atoms with Gasteiger partial charge in [0, 0.05) is 24.4 Å². The Balaban J connectivity index is 2.43. The Kier molecular flexibility index (Phi) is 4.64. The standard InChI is InChI=1S/C12H18O3/c1-2-15-11(14)6-5-9-12(10-13)7-3-4-8-12/h13H,2-4,7-10H2,1H3. The molecule has 84 valence electrons. The molecule has 0 saturated heterocycles. The fourth-order valence-electron chi connectivity index (χ4n) is 1.99. The Hall–Kier alpha value is -1.01. The third-order valence-electron chi connectivity index (χ3n) is 2.93. The molecular formula is C12H18O3. The molecule has 15 heavy (non-hydrogen) atoms. The summed E-state index contributed by atoms with van der Waals surface area (Å²) >= 11 is 0. The van der Waals surface area contributed by atoms with Gasteiger partial charge in [-0.3, -0.25) is 0 Å². The lowest BCUT2D eigenvalue weighted by Crippen LogP contribution is -2.20. The van der Waals surface area contributed by atoms with Gasteiger partial charge in [-0.05, 0) is 19.8 Å². The van der Waals surface area contributed by atoms with E-state index in [1.54, 1.807) is 6.92 Å². The van der Waals surface area contributed by atoms with Crippen LogP contribution in [0.5, 0.6) is 0 Å². The molecule has 1 fully saturated rings. The van der Waals surface area contributed by atoms with Crippen molar-refractivity contribution in [2.75, 3.05) is 13.2 Å². The maximum atomic E-state index is 11.0. The number of esters is 1. The number of aliphatic hydroxyl groups is 1. The molecule has 0 bridgehead atoms. The minimum atomic E-state index is -0.469. The summed E-state index contributed by atoms with van der Waals surface area (Å²) in [5, 5.41) is 9.30. The first-order valence-electron chi connectivity index (χ1n) is 5.49. The van der Waals surface area contributed by atoms with Gasteiger partial charge in [-0.15, -0.1) is 0 Å². The van der Waals surface area contributed by atoms with Crippen molar-refractivity contribution in [1.82, 2.24) is 0 Å². The van der Waals surface area contributed by atoms with E-state index in [0.717, 1.165) is 25.7 Å². The zero-order valence-corrected chi connectivity index (χ0v) is 9.21. The highest BCUT2D eigenvalue weighted by Gasteiger charge is 2.32. The molecule has 0 unspecified atom stereocenters. The van der Waals surface area contributed by atoms with E-state index in [9.17, 15) is 9.90 Å². The van der Waals surface area contributed by atoms with Crippen molar-refractivity contribution in [3.05, 3.63) is 0 Å². The summed E-state index contributed by atoms with van der Waals surface area (Å²) in [6.07, 6.45) is 4.94. The Bertz CT molecular complexity index is 266. The van der Waals surface area contributed by atoms with Crippen LogP contribution in [0.15, 0.2) is 0 Å². The Morgan fingerprint density at radius 2 is 2.13 bits per heavy atom. The van der Waals surface area contributed by atoms with Gasteiger partial charge in [-0.1, -0.05) is 18.8 Å². The molecule has 0 atom stereocenters. The summed E-state index contributed by atoms with van der Waals surface area (Å²) in [6, 6.07) is 0. The molecule has 0 spiro atoms.